The van der Waals surface area contributed by atoms with Crippen molar-refractivity contribution in [1.82, 2.24) is 4.90 Å². The number of amides is 1. The molecule has 0 spiro atoms. The van der Waals surface area contributed by atoms with Gasteiger partial charge in [-0.3, -0.25) is 4.90 Å². The maximum atomic E-state index is 13.6. The Labute approximate surface area is 119 Å². The van der Waals surface area contributed by atoms with Gasteiger partial charge in [0, 0.05) is 6.42 Å². The second kappa shape index (κ2) is 5.58. The van der Waals surface area contributed by atoms with Crippen LogP contribution in [0.15, 0.2) is 0 Å². The lowest BCUT2D eigenvalue weighted by molar-refractivity contribution is -0.160. The first-order valence-corrected chi connectivity index (χ1v) is 6.75. The van der Waals surface area contributed by atoms with E-state index in [0.717, 1.165) is 4.90 Å². The highest BCUT2D eigenvalue weighted by Gasteiger charge is 2.43. The van der Waals surface area contributed by atoms with Gasteiger partial charge in [0.2, 0.25) is 0 Å². The minimum atomic E-state index is -1.24. The van der Waals surface area contributed by atoms with E-state index in [1.54, 1.807) is 41.5 Å². The van der Waals surface area contributed by atoms with Crippen LogP contribution in [0.2, 0.25) is 0 Å². The van der Waals surface area contributed by atoms with E-state index in [1.807, 2.05) is 0 Å². The lowest BCUT2D eigenvalue weighted by Crippen LogP contribution is -2.45. The van der Waals surface area contributed by atoms with Crippen molar-refractivity contribution in [3.63, 3.8) is 0 Å². The highest BCUT2D eigenvalue weighted by molar-refractivity contribution is 5.82. The summed E-state index contributed by atoms with van der Waals surface area (Å²) in [5.41, 5.74) is -1.37. The summed E-state index contributed by atoms with van der Waals surface area (Å²) >= 11 is 0. The fourth-order valence-electron chi connectivity index (χ4n) is 1.90. The number of carbonyl (C=O) groups is 2. The molecule has 20 heavy (non-hydrogen) atoms. The molecule has 0 aliphatic carbocycles. The van der Waals surface area contributed by atoms with Gasteiger partial charge in [0.05, 0.1) is 6.54 Å². The monoisotopic (exact) mass is 289 g/mol. The molecular weight excluding hydrogens is 265 g/mol. The fraction of sp³-hybridized carbons (Fsp3) is 0.857. The summed E-state index contributed by atoms with van der Waals surface area (Å²) in [7, 11) is 0. The first-order chi connectivity index (χ1) is 8.89. The minimum absolute atomic E-state index is 0.0475. The zero-order valence-electron chi connectivity index (χ0n) is 13.0. The van der Waals surface area contributed by atoms with Crippen LogP contribution in [0, 0.1) is 0 Å². The Morgan fingerprint density at radius 2 is 1.55 bits per heavy atom. The molecule has 1 saturated heterocycles. The molecule has 0 radical (unpaired) electrons. The summed E-state index contributed by atoms with van der Waals surface area (Å²) in [5, 5.41) is 0. The van der Waals surface area contributed by atoms with E-state index in [0.29, 0.717) is 0 Å². The van der Waals surface area contributed by atoms with Gasteiger partial charge in [0.15, 0.2) is 0 Å². The molecule has 1 fully saturated rings. The average molecular weight is 289 g/mol. The molecule has 1 rings (SSSR count). The molecule has 0 aromatic carbocycles. The van der Waals surface area contributed by atoms with E-state index >= 15 is 0 Å². The van der Waals surface area contributed by atoms with Crippen molar-refractivity contribution >= 4 is 12.1 Å². The van der Waals surface area contributed by atoms with Crippen molar-refractivity contribution in [1.29, 1.82) is 0 Å². The van der Waals surface area contributed by atoms with Crippen molar-refractivity contribution in [2.75, 3.05) is 6.54 Å². The third-order valence-corrected chi connectivity index (χ3v) is 2.56. The molecule has 0 saturated carbocycles. The molecule has 0 aromatic heterocycles. The molecule has 1 aliphatic heterocycles. The zero-order chi connectivity index (χ0) is 15.7. The molecule has 6 heteroatoms. The lowest BCUT2D eigenvalue weighted by atomic mass is 10.1. The Kier molecular flexibility index (Phi) is 4.66. The van der Waals surface area contributed by atoms with E-state index in [2.05, 4.69) is 0 Å². The highest BCUT2D eigenvalue weighted by atomic mass is 19.1. The summed E-state index contributed by atoms with van der Waals surface area (Å²) in [4.78, 5) is 25.2. The Balaban J connectivity index is 2.78. The number of nitrogens with zero attached hydrogens (tertiary/aromatic N) is 1. The van der Waals surface area contributed by atoms with Gasteiger partial charge in [0.1, 0.15) is 23.4 Å². The van der Waals surface area contributed by atoms with Crippen LogP contribution in [0.4, 0.5) is 9.18 Å². The molecule has 2 atom stereocenters. The van der Waals surface area contributed by atoms with Crippen LogP contribution < -0.4 is 0 Å². The van der Waals surface area contributed by atoms with E-state index in [1.165, 1.54) is 0 Å². The minimum Gasteiger partial charge on any atom is -0.458 e. The SMILES string of the molecule is CC(C)(C)OC(=O)[C@@H]1C[C@H](F)CN1C(=O)OC(C)(C)C. The molecule has 0 aromatic rings. The van der Waals surface area contributed by atoms with Gasteiger partial charge in [-0.05, 0) is 41.5 Å². The van der Waals surface area contributed by atoms with Crippen LogP contribution in [0.1, 0.15) is 48.0 Å². The average Bonchev–Trinajstić information content (AvgIpc) is 2.55. The Hall–Kier alpha value is -1.33. The Morgan fingerprint density at radius 1 is 1.05 bits per heavy atom. The summed E-state index contributed by atoms with van der Waals surface area (Å²) in [6, 6.07) is -0.918. The summed E-state index contributed by atoms with van der Waals surface area (Å²) in [6.07, 6.45) is -1.97. The predicted molar refractivity (Wildman–Crippen MR) is 72.1 cm³/mol. The smallest absolute Gasteiger partial charge is 0.411 e. The van der Waals surface area contributed by atoms with Crippen molar-refractivity contribution in [2.45, 2.75) is 71.4 Å². The van der Waals surface area contributed by atoms with Crippen LogP contribution in [0.5, 0.6) is 0 Å². The third-order valence-electron chi connectivity index (χ3n) is 2.56. The van der Waals surface area contributed by atoms with Gasteiger partial charge in [-0.2, -0.15) is 0 Å². The largest absolute Gasteiger partial charge is 0.458 e. The first-order valence-electron chi connectivity index (χ1n) is 6.75. The van der Waals surface area contributed by atoms with Crippen LogP contribution in [0.3, 0.4) is 0 Å². The van der Waals surface area contributed by atoms with Crippen molar-refractivity contribution in [3.8, 4) is 0 Å². The van der Waals surface area contributed by atoms with Crippen molar-refractivity contribution in [3.05, 3.63) is 0 Å². The van der Waals surface area contributed by atoms with E-state index in [-0.39, 0.29) is 13.0 Å². The van der Waals surface area contributed by atoms with Crippen molar-refractivity contribution in [2.24, 2.45) is 0 Å². The standard InChI is InChI=1S/C14H24FNO4/c1-13(2,3)19-11(17)10-7-9(15)8-16(10)12(18)20-14(4,5)6/h9-10H,7-8H2,1-6H3/t9-,10-/m0/s1. The van der Waals surface area contributed by atoms with Crippen LogP contribution in [0.25, 0.3) is 0 Å². The van der Waals surface area contributed by atoms with Crippen LogP contribution in [-0.2, 0) is 14.3 Å². The van der Waals surface area contributed by atoms with Crippen LogP contribution >= 0.6 is 0 Å². The molecule has 0 unspecified atom stereocenters. The van der Waals surface area contributed by atoms with Gasteiger partial charge >= 0.3 is 12.1 Å². The second-order valence-corrected chi connectivity index (χ2v) is 7.01. The number of carbonyl (C=O) groups excluding carboxylic acids is 2. The third kappa shape index (κ3) is 4.98. The first kappa shape index (κ1) is 16.7. The second-order valence-electron chi connectivity index (χ2n) is 7.01. The van der Waals surface area contributed by atoms with E-state index in [9.17, 15) is 14.0 Å². The Morgan fingerprint density at radius 3 is 2.00 bits per heavy atom. The number of alkyl halides is 1. The summed E-state index contributed by atoms with van der Waals surface area (Å²) in [6.45, 7) is 10.2. The van der Waals surface area contributed by atoms with E-state index in [4.69, 9.17) is 9.47 Å². The maximum absolute atomic E-state index is 13.6. The number of hydrogen-bond donors (Lipinski definition) is 0. The number of hydrogen-bond acceptors (Lipinski definition) is 4. The van der Waals surface area contributed by atoms with Gasteiger partial charge in [-0.15, -0.1) is 0 Å². The normalized spacial score (nSPS) is 23.6. The van der Waals surface area contributed by atoms with Crippen molar-refractivity contribution < 1.29 is 23.5 Å². The maximum Gasteiger partial charge on any atom is 0.411 e. The predicted octanol–water partition coefficient (Wildman–Crippen LogP) is 2.68. The topological polar surface area (TPSA) is 55.8 Å². The molecule has 1 amide bonds. The molecule has 0 N–H and O–H groups in total. The molecular formula is C14H24FNO4. The number of esters is 1. The van der Waals surface area contributed by atoms with E-state index < -0.39 is 35.5 Å². The number of rotatable bonds is 1. The number of likely N-dealkylation sites (tertiary alicyclic amines) is 1. The lowest BCUT2D eigenvalue weighted by Gasteiger charge is -2.29. The molecule has 0 bridgehead atoms. The Bertz CT molecular complexity index is 348. The molecule has 1 heterocycles. The molecule has 5 nitrogen and oxygen atoms in total. The van der Waals surface area contributed by atoms with Gasteiger partial charge in [-0.25, -0.2) is 14.0 Å². The zero-order valence-corrected chi connectivity index (χ0v) is 13.0. The summed E-state index contributed by atoms with van der Waals surface area (Å²) < 4.78 is 24.0. The highest BCUT2D eigenvalue weighted by Crippen LogP contribution is 2.25. The van der Waals surface area contributed by atoms with Gasteiger partial charge < -0.3 is 9.47 Å². The number of halogens is 1. The van der Waals surface area contributed by atoms with Gasteiger partial charge in [0.25, 0.3) is 0 Å². The summed E-state index contributed by atoms with van der Waals surface area (Å²) in [5.74, 6) is -0.594. The molecule has 116 valence electrons. The van der Waals surface area contributed by atoms with Gasteiger partial charge in [-0.1, -0.05) is 0 Å². The number of ether oxygens (including phenoxy) is 2. The molecule has 1 aliphatic rings. The quantitative estimate of drug-likeness (QED) is 0.696. The van der Waals surface area contributed by atoms with Crippen LogP contribution in [-0.4, -0.2) is 46.9 Å². The fourth-order valence-corrected chi connectivity index (χ4v) is 1.90.